The van der Waals surface area contributed by atoms with Crippen LogP contribution < -0.4 is 5.32 Å². The molecule has 0 amide bonds. The SMILES string of the molecule is C=C1NCCS/C1=C(\O)c1ccc(C#N)nc1CO. The van der Waals surface area contributed by atoms with E-state index in [1.54, 1.807) is 6.07 Å². The summed E-state index contributed by atoms with van der Waals surface area (Å²) in [4.78, 5) is 4.63. The Morgan fingerprint density at radius 3 is 3.00 bits per heavy atom. The molecule has 0 aromatic carbocycles. The fourth-order valence-corrected chi connectivity index (χ4v) is 2.66. The van der Waals surface area contributed by atoms with Gasteiger partial charge in [0.2, 0.25) is 0 Å². The zero-order valence-corrected chi connectivity index (χ0v) is 11.0. The molecule has 19 heavy (non-hydrogen) atoms. The van der Waals surface area contributed by atoms with Gasteiger partial charge in [-0.15, -0.1) is 11.8 Å². The highest BCUT2D eigenvalue weighted by Crippen LogP contribution is 2.32. The minimum atomic E-state index is -0.341. The van der Waals surface area contributed by atoms with Crippen molar-refractivity contribution in [2.75, 3.05) is 12.3 Å². The summed E-state index contributed by atoms with van der Waals surface area (Å²) in [6.07, 6.45) is 0. The number of thioether (sulfide) groups is 1. The fraction of sp³-hybridized carbons (Fsp3) is 0.231. The van der Waals surface area contributed by atoms with Crippen molar-refractivity contribution in [1.82, 2.24) is 10.3 Å². The topological polar surface area (TPSA) is 89.2 Å². The van der Waals surface area contributed by atoms with Crippen molar-refractivity contribution in [3.63, 3.8) is 0 Å². The van der Waals surface area contributed by atoms with E-state index in [-0.39, 0.29) is 23.8 Å². The average molecular weight is 275 g/mol. The molecule has 1 saturated heterocycles. The zero-order valence-electron chi connectivity index (χ0n) is 10.2. The molecule has 6 heteroatoms. The number of aromatic nitrogens is 1. The van der Waals surface area contributed by atoms with Crippen LogP contribution in [0.2, 0.25) is 0 Å². The monoisotopic (exact) mass is 275 g/mol. The Bertz CT molecular complexity index is 590. The van der Waals surface area contributed by atoms with Gasteiger partial charge in [0.05, 0.1) is 17.2 Å². The Hall–Kier alpha value is -1.97. The van der Waals surface area contributed by atoms with Crippen LogP contribution in [0.4, 0.5) is 0 Å². The van der Waals surface area contributed by atoms with Gasteiger partial charge in [-0.05, 0) is 12.1 Å². The molecular weight excluding hydrogens is 262 g/mol. The third-order valence-electron chi connectivity index (χ3n) is 2.67. The molecule has 0 spiro atoms. The first-order valence-corrected chi connectivity index (χ1v) is 6.66. The molecule has 0 aliphatic carbocycles. The van der Waals surface area contributed by atoms with E-state index in [0.29, 0.717) is 16.2 Å². The molecule has 1 aliphatic rings. The molecule has 2 rings (SSSR count). The van der Waals surface area contributed by atoms with Crippen molar-refractivity contribution >= 4 is 17.5 Å². The number of nitrogens with one attached hydrogen (secondary N) is 1. The zero-order chi connectivity index (χ0) is 13.8. The molecule has 5 nitrogen and oxygen atoms in total. The quantitative estimate of drug-likeness (QED) is 0.709. The Labute approximate surface area is 115 Å². The lowest BCUT2D eigenvalue weighted by atomic mass is 10.1. The number of hydrogen-bond donors (Lipinski definition) is 3. The van der Waals surface area contributed by atoms with Crippen LogP contribution in [0.5, 0.6) is 0 Å². The second-order valence-electron chi connectivity index (χ2n) is 3.89. The Morgan fingerprint density at radius 1 is 1.58 bits per heavy atom. The predicted molar refractivity (Wildman–Crippen MR) is 74.0 cm³/mol. The smallest absolute Gasteiger partial charge is 0.140 e. The van der Waals surface area contributed by atoms with Gasteiger partial charge in [0.15, 0.2) is 0 Å². The predicted octanol–water partition coefficient (Wildman–Crippen LogP) is 1.52. The summed E-state index contributed by atoms with van der Waals surface area (Å²) in [6, 6.07) is 5.00. The number of nitrogens with zero attached hydrogens (tertiary/aromatic N) is 2. The van der Waals surface area contributed by atoms with Gasteiger partial charge in [-0.25, -0.2) is 4.98 Å². The first-order valence-electron chi connectivity index (χ1n) is 5.67. The Kier molecular flexibility index (Phi) is 4.10. The van der Waals surface area contributed by atoms with Crippen molar-refractivity contribution in [2.45, 2.75) is 6.61 Å². The number of aliphatic hydroxyl groups is 2. The van der Waals surface area contributed by atoms with Crippen molar-refractivity contribution in [3.8, 4) is 6.07 Å². The second-order valence-corrected chi connectivity index (χ2v) is 5.00. The lowest BCUT2D eigenvalue weighted by Crippen LogP contribution is -2.22. The highest BCUT2D eigenvalue weighted by Gasteiger charge is 2.18. The van der Waals surface area contributed by atoms with Gasteiger partial charge >= 0.3 is 0 Å². The first kappa shape index (κ1) is 13.5. The second kappa shape index (κ2) is 5.78. The summed E-state index contributed by atoms with van der Waals surface area (Å²) in [5.41, 5.74) is 1.57. The first-order chi connectivity index (χ1) is 9.17. The van der Waals surface area contributed by atoms with Gasteiger partial charge in [-0.3, -0.25) is 0 Å². The molecule has 2 heterocycles. The van der Waals surface area contributed by atoms with Crippen LogP contribution in [-0.2, 0) is 6.61 Å². The number of hydrogen-bond acceptors (Lipinski definition) is 6. The largest absolute Gasteiger partial charge is 0.506 e. The van der Waals surface area contributed by atoms with Gasteiger partial charge in [-0.1, -0.05) is 6.58 Å². The van der Waals surface area contributed by atoms with E-state index in [1.165, 1.54) is 17.8 Å². The van der Waals surface area contributed by atoms with Gasteiger partial charge < -0.3 is 15.5 Å². The van der Waals surface area contributed by atoms with Crippen LogP contribution >= 0.6 is 11.8 Å². The molecule has 1 fully saturated rings. The Balaban J connectivity index is 2.49. The van der Waals surface area contributed by atoms with Crippen LogP contribution in [-0.4, -0.2) is 27.5 Å². The van der Waals surface area contributed by atoms with Crippen molar-refractivity contribution in [1.29, 1.82) is 5.26 Å². The lowest BCUT2D eigenvalue weighted by Gasteiger charge is -2.20. The fourth-order valence-electron chi connectivity index (χ4n) is 1.76. The third-order valence-corrected chi connectivity index (χ3v) is 3.81. The molecule has 0 unspecified atom stereocenters. The molecule has 0 radical (unpaired) electrons. The number of nitriles is 1. The van der Waals surface area contributed by atoms with Crippen LogP contribution in [0.25, 0.3) is 5.76 Å². The van der Waals surface area contributed by atoms with E-state index in [0.717, 1.165) is 12.3 Å². The molecule has 0 bridgehead atoms. The average Bonchev–Trinajstić information content (AvgIpc) is 2.46. The maximum atomic E-state index is 10.3. The number of aliphatic hydroxyl groups excluding tert-OH is 2. The van der Waals surface area contributed by atoms with Crippen molar-refractivity contribution in [3.05, 3.63) is 46.3 Å². The van der Waals surface area contributed by atoms with Crippen LogP contribution in [0, 0.1) is 11.3 Å². The normalized spacial score (nSPS) is 17.6. The van der Waals surface area contributed by atoms with Crippen molar-refractivity contribution in [2.24, 2.45) is 0 Å². The Morgan fingerprint density at radius 2 is 2.37 bits per heavy atom. The molecule has 1 aliphatic heterocycles. The minimum Gasteiger partial charge on any atom is -0.506 e. The number of pyridine rings is 1. The molecule has 0 saturated carbocycles. The van der Waals surface area contributed by atoms with Gasteiger partial charge in [-0.2, -0.15) is 5.26 Å². The third kappa shape index (κ3) is 2.72. The molecule has 1 aromatic heterocycles. The summed E-state index contributed by atoms with van der Waals surface area (Å²) in [6.45, 7) is 4.31. The molecule has 0 atom stereocenters. The van der Waals surface area contributed by atoms with Crippen molar-refractivity contribution < 1.29 is 10.2 Å². The maximum Gasteiger partial charge on any atom is 0.140 e. The lowest BCUT2D eigenvalue weighted by molar-refractivity contribution is 0.275. The maximum absolute atomic E-state index is 10.3. The van der Waals surface area contributed by atoms with E-state index < -0.39 is 0 Å². The van der Waals surface area contributed by atoms with E-state index >= 15 is 0 Å². The molecule has 3 N–H and O–H groups in total. The van der Waals surface area contributed by atoms with E-state index in [2.05, 4.69) is 16.9 Å². The summed E-state index contributed by atoms with van der Waals surface area (Å²) >= 11 is 1.50. The standard InChI is InChI=1S/C13H13N3O2S/c1-8-13(19-5-4-15-8)12(18)10-3-2-9(6-14)16-11(10)7-17/h2-3,15,17-18H,1,4-5,7H2/b13-12-. The molecule has 98 valence electrons. The van der Waals surface area contributed by atoms with E-state index in [1.807, 2.05) is 6.07 Å². The van der Waals surface area contributed by atoms with Gasteiger partial charge in [0, 0.05) is 23.6 Å². The molecular formula is C13H13N3O2S. The highest BCUT2D eigenvalue weighted by atomic mass is 32.2. The van der Waals surface area contributed by atoms with Crippen LogP contribution in [0.1, 0.15) is 17.0 Å². The molecule has 1 aromatic rings. The summed E-state index contributed by atoms with van der Waals surface area (Å²) in [5, 5.41) is 31.5. The van der Waals surface area contributed by atoms with Gasteiger partial charge in [0.25, 0.3) is 0 Å². The highest BCUT2D eigenvalue weighted by molar-refractivity contribution is 8.03. The number of rotatable bonds is 2. The summed E-state index contributed by atoms with van der Waals surface area (Å²) < 4.78 is 0. The van der Waals surface area contributed by atoms with E-state index in [9.17, 15) is 10.2 Å². The summed E-state index contributed by atoms with van der Waals surface area (Å²) in [7, 11) is 0. The minimum absolute atomic E-state index is 0.0308. The van der Waals surface area contributed by atoms with Gasteiger partial charge in [0.1, 0.15) is 17.5 Å². The van der Waals surface area contributed by atoms with Crippen LogP contribution in [0.15, 0.2) is 29.3 Å². The summed E-state index contributed by atoms with van der Waals surface area (Å²) in [5.74, 6) is 0.861. The van der Waals surface area contributed by atoms with E-state index in [4.69, 9.17) is 5.26 Å². The van der Waals surface area contributed by atoms with Crippen LogP contribution in [0.3, 0.4) is 0 Å².